The van der Waals surface area contributed by atoms with E-state index in [0.717, 1.165) is 25.2 Å². The Morgan fingerprint density at radius 2 is 1.86 bits per heavy atom. The maximum Gasteiger partial charge on any atom is 0.332 e. The highest BCUT2D eigenvalue weighted by atomic mass is 16.2. The van der Waals surface area contributed by atoms with E-state index in [4.69, 9.17) is 5.73 Å². The standard InChI is InChI=1S/C17H28N4O/c1-3-5-11-21(12-6-4-2)14-16-10-8-7-9-15(16)13-19-20-17(18)22/h7-10,13H,3-6,11-12,14H2,1-2H3,(H3,18,20,22). The lowest BCUT2D eigenvalue weighted by atomic mass is 10.1. The molecule has 0 heterocycles. The third kappa shape index (κ3) is 7.22. The van der Waals surface area contributed by atoms with Crippen LogP contribution in [0.4, 0.5) is 4.79 Å². The number of nitrogens with one attached hydrogen (secondary N) is 1. The van der Waals surface area contributed by atoms with Crippen molar-refractivity contribution in [2.45, 2.75) is 46.1 Å². The number of rotatable bonds is 10. The van der Waals surface area contributed by atoms with Gasteiger partial charge in [-0.2, -0.15) is 5.10 Å². The molecule has 0 fully saturated rings. The number of hydrogen-bond acceptors (Lipinski definition) is 3. The number of carbonyl (C=O) groups excluding carboxylic acids is 1. The van der Waals surface area contributed by atoms with Crippen LogP contribution in [0.15, 0.2) is 29.4 Å². The number of unbranched alkanes of at least 4 members (excludes halogenated alkanes) is 2. The number of primary amides is 1. The maximum absolute atomic E-state index is 10.7. The Balaban J connectivity index is 2.75. The minimum Gasteiger partial charge on any atom is -0.350 e. The lowest BCUT2D eigenvalue weighted by molar-refractivity contribution is 0.249. The first kappa shape index (κ1) is 18.2. The van der Waals surface area contributed by atoms with Crippen molar-refractivity contribution >= 4 is 12.2 Å². The zero-order valence-electron chi connectivity index (χ0n) is 13.7. The maximum atomic E-state index is 10.7. The van der Waals surface area contributed by atoms with E-state index < -0.39 is 6.03 Å². The lowest BCUT2D eigenvalue weighted by Gasteiger charge is -2.22. The van der Waals surface area contributed by atoms with E-state index in [-0.39, 0.29) is 0 Å². The molecule has 5 heteroatoms. The van der Waals surface area contributed by atoms with Crippen LogP contribution in [0.25, 0.3) is 0 Å². The molecule has 0 aromatic heterocycles. The van der Waals surface area contributed by atoms with Gasteiger partial charge in [0.05, 0.1) is 6.21 Å². The number of hydrazone groups is 1. The fourth-order valence-electron chi connectivity index (χ4n) is 2.24. The van der Waals surface area contributed by atoms with Crippen LogP contribution in [-0.2, 0) is 6.54 Å². The van der Waals surface area contributed by atoms with E-state index in [1.165, 1.54) is 31.2 Å². The number of urea groups is 1. The molecule has 1 rings (SSSR count). The highest BCUT2D eigenvalue weighted by Crippen LogP contribution is 2.11. The van der Waals surface area contributed by atoms with Crippen LogP contribution in [0.2, 0.25) is 0 Å². The molecular weight excluding hydrogens is 276 g/mol. The predicted molar refractivity (Wildman–Crippen MR) is 91.8 cm³/mol. The molecule has 0 bridgehead atoms. The zero-order chi connectivity index (χ0) is 16.2. The number of amides is 2. The molecule has 0 saturated carbocycles. The SMILES string of the molecule is CCCCN(CCCC)Cc1ccccc1C=NNC(N)=O. The van der Waals surface area contributed by atoms with Crippen LogP contribution < -0.4 is 11.2 Å². The van der Waals surface area contributed by atoms with Gasteiger partial charge in [0, 0.05) is 6.54 Å². The van der Waals surface area contributed by atoms with E-state index in [0.29, 0.717) is 0 Å². The molecule has 0 unspecified atom stereocenters. The molecule has 5 nitrogen and oxygen atoms in total. The van der Waals surface area contributed by atoms with Crippen molar-refractivity contribution < 1.29 is 4.79 Å². The molecule has 122 valence electrons. The summed E-state index contributed by atoms with van der Waals surface area (Å²) in [5, 5.41) is 3.87. The van der Waals surface area contributed by atoms with Gasteiger partial charge in [-0.3, -0.25) is 4.90 Å². The Hall–Kier alpha value is -1.88. The number of carbonyl (C=O) groups is 1. The van der Waals surface area contributed by atoms with Crippen molar-refractivity contribution in [3.05, 3.63) is 35.4 Å². The normalized spacial score (nSPS) is 11.2. The minimum atomic E-state index is -0.652. The van der Waals surface area contributed by atoms with Gasteiger partial charge in [-0.15, -0.1) is 0 Å². The van der Waals surface area contributed by atoms with Gasteiger partial charge in [0.25, 0.3) is 0 Å². The summed E-state index contributed by atoms with van der Waals surface area (Å²) < 4.78 is 0. The number of nitrogens with two attached hydrogens (primary N) is 1. The van der Waals surface area contributed by atoms with E-state index in [1.807, 2.05) is 18.2 Å². The second kappa shape index (κ2) is 10.8. The molecule has 1 aromatic rings. The Bertz CT molecular complexity index is 465. The molecule has 0 atom stereocenters. The Labute approximate surface area is 133 Å². The second-order valence-corrected chi connectivity index (χ2v) is 5.42. The van der Waals surface area contributed by atoms with Gasteiger partial charge in [-0.25, -0.2) is 10.2 Å². The molecule has 0 radical (unpaired) electrons. The first-order chi connectivity index (χ1) is 10.7. The van der Waals surface area contributed by atoms with E-state index in [9.17, 15) is 4.79 Å². The summed E-state index contributed by atoms with van der Waals surface area (Å²) in [5.41, 5.74) is 9.47. The highest BCUT2D eigenvalue weighted by Gasteiger charge is 2.07. The van der Waals surface area contributed by atoms with Crippen molar-refractivity contribution in [3.8, 4) is 0 Å². The largest absolute Gasteiger partial charge is 0.350 e. The van der Waals surface area contributed by atoms with Crippen molar-refractivity contribution in [2.24, 2.45) is 10.8 Å². The summed E-state index contributed by atoms with van der Waals surface area (Å²) in [6.45, 7) is 7.56. The van der Waals surface area contributed by atoms with Crippen LogP contribution >= 0.6 is 0 Å². The quantitative estimate of drug-likeness (QED) is 0.515. The monoisotopic (exact) mass is 304 g/mol. The zero-order valence-corrected chi connectivity index (χ0v) is 13.7. The lowest BCUT2D eigenvalue weighted by Crippen LogP contribution is -2.26. The average molecular weight is 304 g/mol. The summed E-state index contributed by atoms with van der Waals surface area (Å²) in [7, 11) is 0. The fourth-order valence-corrected chi connectivity index (χ4v) is 2.24. The molecule has 0 aliphatic rings. The topological polar surface area (TPSA) is 70.7 Å². The molecule has 2 amide bonds. The predicted octanol–water partition coefficient (Wildman–Crippen LogP) is 3.09. The molecule has 22 heavy (non-hydrogen) atoms. The molecule has 0 aliphatic carbocycles. The van der Waals surface area contributed by atoms with Crippen LogP contribution in [0.3, 0.4) is 0 Å². The molecule has 0 spiro atoms. The fraction of sp³-hybridized carbons (Fsp3) is 0.529. The molecule has 0 aliphatic heterocycles. The van der Waals surface area contributed by atoms with Gasteiger partial charge in [0.2, 0.25) is 0 Å². The van der Waals surface area contributed by atoms with Gasteiger partial charge in [0.1, 0.15) is 0 Å². The Morgan fingerprint density at radius 1 is 1.23 bits per heavy atom. The van der Waals surface area contributed by atoms with Gasteiger partial charge in [-0.05, 0) is 37.1 Å². The van der Waals surface area contributed by atoms with Gasteiger partial charge in [0.15, 0.2) is 0 Å². The average Bonchev–Trinajstić information content (AvgIpc) is 2.51. The van der Waals surface area contributed by atoms with E-state index in [1.54, 1.807) is 6.21 Å². The molecular formula is C17H28N4O. The van der Waals surface area contributed by atoms with Gasteiger partial charge < -0.3 is 5.73 Å². The molecule has 0 saturated heterocycles. The van der Waals surface area contributed by atoms with Crippen LogP contribution in [-0.4, -0.2) is 30.2 Å². The number of benzene rings is 1. The molecule has 1 aromatic carbocycles. The first-order valence-corrected chi connectivity index (χ1v) is 8.06. The van der Waals surface area contributed by atoms with Gasteiger partial charge >= 0.3 is 6.03 Å². The number of nitrogens with zero attached hydrogens (tertiary/aromatic N) is 2. The second-order valence-electron chi connectivity index (χ2n) is 5.42. The third-order valence-corrected chi connectivity index (χ3v) is 3.48. The van der Waals surface area contributed by atoms with Crippen molar-refractivity contribution in [1.82, 2.24) is 10.3 Å². The Morgan fingerprint density at radius 3 is 2.45 bits per heavy atom. The first-order valence-electron chi connectivity index (χ1n) is 8.06. The van der Waals surface area contributed by atoms with Crippen molar-refractivity contribution in [2.75, 3.05) is 13.1 Å². The third-order valence-electron chi connectivity index (χ3n) is 3.48. The molecule has 3 N–H and O–H groups in total. The van der Waals surface area contributed by atoms with Gasteiger partial charge in [-0.1, -0.05) is 51.0 Å². The van der Waals surface area contributed by atoms with Crippen LogP contribution in [0.5, 0.6) is 0 Å². The Kier molecular flexibility index (Phi) is 8.91. The summed E-state index contributed by atoms with van der Waals surface area (Å²) in [4.78, 5) is 13.2. The summed E-state index contributed by atoms with van der Waals surface area (Å²) in [5.74, 6) is 0. The smallest absolute Gasteiger partial charge is 0.332 e. The van der Waals surface area contributed by atoms with Crippen LogP contribution in [0, 0.1) is 0 Å². The number of hydrogen-bond donors (Lipinski definition) is 2. The van der Waals surface area contributed by atoms with E-state index in [2.05, 4.69) is 35.3 Å². The van der Waals surface area contributed by atoms with Crippen molar-refractivity contribution in [1.29, 1.82) is 0 Å². The van der Waals surface area contributed by atoms with Crippen LogP contribution in [0.1, 0.15) is 50.7 Å². The summed E-state index contributed by atoms with van der Waals surface area (Å²) in [6, 6.07) is 7.46. The summed E-state index contributed by atoms with van der Waals surface area (Å²) >= 11 is 0. The highest BCUT2D eigenvalue weighted by molar-refractivity contribution is 5.83. The minimum absolute atomic E-state index is 0.652. The van der Waals surface area contributed by atoms with E-state index >= 15 is 0 Å². The summed E-state index contributed by atoms with van der Waals surface area (Å²) in [6.07, 6.45) is 6.48. The van der Waals surface area contributed by atoms with Crippen molar-refractivity contribution in [3.63, 3.8) is 0 Å².